The van der Waals surface area contributed by atoms with E-state index in [4.69, 9.17) is 11.5 Å². The number of ketones is 2. The van der Waals surface area contributed by atoms with Crippen LogP contribution in [0.4, 0.5) is 0 Å². The van der Waals surface area contributed by atoms with Crippen LogP contribution in [0.3, 0.4) is 0 Å². The molecule has 1 aromatic carbocycles. The normalized spacial score (nSPS) is 44.8. The molecule has 304 valence electrons. The summed E-state index contributed by atoms with van der Waals surface area (Å²) in [5, 5.41) is 49.3. The van der Waals surface area contributed by atoms with Crippen molar-refractivity contribution >= 4 is 29.6 Å². The van der Waals surface area contributed by atoms with Crippen molar-refractivity contribution < 1.29 is 34.8 Å². The Morgan fingerprint density at radius 1 is 0.982 bits per heavy atom. The van der Waals surface area contributed by atoms with Crippen molar-refractivity contribution in [1.82, 2.24) is 0 Å². The summed E-state index contributed by atoms with van der Waals surface area (Å²) in [4.78, 5) is 46.6. The maximum atomic E-state index is 16.0. The van der Waals surface area contributed by atoms with Gasteiger partial charge in [-0.15, -0.1) is 0 Å². The summed E-state index contributed by atoms with van der Waals surface area (Å²) in [7, 11) is 0. The number of aliphatic hydroxyl groups excluding tert-OH is 1. The van der Waals surface area contributed by atoms with E-state index in [9.17, 15) is 30.0 Å². The number of nitrogens with two attached hydrogens (primary N) is 2. The third-order valence-electron chi connectivity index (χ3n) is 17.1. The van der Waals surface area contributed by atoms with E-state index in [1.165, 1.54) is 13.0 Å². The number of aliphatic carboxylic acids is 1. The first-order valence-corrected chi connectivity index (χ1v) is 20.8. The maximum absolute atomic E-state index is 16.0. The van der Waals surface area contributed by atoms with Crippen molar-refractivity contribution in [1.29, 1.82) is 0 Å². The van der Waals surface area contributed by atoms with E-state index in [1.807, 2.05) is 62.4 Å². The highest BCUT2D eigenvalue weighted by molar-refractivity contribution is 6.04. The lowest BCUT2D eigenvalue weighted by molar-refractivity contribution is -0.177. The predicted octanol–water partition coefficient (Wildman–Crippen LogP) is 5.68. The van der Waals surface area contributed by atoms with Crippen LogP contribution in [-0.4, -0.2) is 67.3 Å². The van der Waals surface area contributed by atoms with Crippen LogP contribution < -0.4 is 11.5 Å². The molecule has 3 saturated carbocycles. The Bertz CT molecular complexity index is 2110. The number of hydrogen-bond acceptors (Lipinski definition) is 7. The highest BCUT2D eigenvalue weighted by Gasteiger charge is 2.84. The molecule has 0 bridgehead atoms. The minimum absolute atomic E-state index is 0.0145. The number of carbonyl (C=O) groups excluding carboxylic acids is 2. The van der Waals surface area contributed by atoms with Gasteiger partial charge in [0.25, 0.3) is 0 Å². The number of allylic oxidation sites excluding steroid dienone is 2. The molecule has 7 aliphatic rings. The Balaban J connectivity index is 1.43. The Labute approximate surface area is 335 Å². The number of nitrogens with zero attached hydrogens (tertiary/aromatic N) is 1. The SMILES string of the molecule is CC(=CC(O)C1C(N=C(N)N)C=CC23CC4(O)C=CC5(O)C6=C(C(=O)C(CCCCC12)C3(C)C64C)C1(C)CCC(=O)C(C)(C)C1C5C=Cc1ccccc1)C(=O)O. The van der Waals surface area contributed by atoms with Gasteiger partial charge in [-0.2, -0.15) is 0 Å². The number of carboxylic acid groups (broad SMARTS) is 1. The zero-order valence-corrected chi connectivity index (χ0v) is 34.0. The molecule has 8 rings (SSSR count). The summed E-state index contributed by atoms with van der Waals surface area (Å²) in [6.45, 7) is 11.7. The number of hydrogen-bond donors (Lipinski definition) is 6. The molecule has 13 atom stereocenters. The number of aliphatic hydroxyl groups is 3. The minimum atomic E-state index is -1.73. The highest BCUT2D eigenvalue weighted by Crippen LogP contribution is 2.84. The molecule has 10 heteroatoms. The van der Waals surface area contributed by atoms with E-state index in [0.717, 1.165) is 12.0 Å². The molecule has 0 aromatic heterocycles. The lowest BCUT2D eigenvalue weighted by Gasteiger charge is -2.70. The lowest BCUT2D eigenvalue weighted by Crippen LogP contribution is -2.72. The van der Waals surface area contributed by atoms with Crippen LogP contribution in [0.1, 0.15) is 92.1 Å². The van der Waals surface area contributed by atoms with Gasteiger partial charge in [-0.3, -0.25) is 9.59 Å². The highest BCUT2D eigenvalue weighted by atomic mass is 16.4. The molecule has 7 aliphatic carbocycles. The van der Waals surface area contributed by atoms with Crippen LogP contribution in [0.25, 0.3) is 6.08 Å². The summed E-state index contributed by atoms with van der Waals surface area (Å²) in [5.41, 5.74) is 5.96. The molecule has 13 unspecified atom stereocenters. The number of fused-ring (bicyclic) bond motifs is 2. The van der Waals surface area contributed by atoms with Gasteiger partial charge in [-0.05, 0) is 73.1 Å². The Morgan fingerprint density at radius 3 is 2.33 bits per heavy atom. The fourth-order valence-electron chi connectivity index (χ4n) is 14.6. The van der Waals surface area contributed by atoms with Gasteiger partial charge in [-0.1, -0.05) is 108 Å². The minimum Gasteiger partial charge on any atom is -0.478 e. The van der Waals surface area contributed by atoms with Gasteiger partial charge in [0.2, 0.25) is 0 Å². The van der Waals surface area contributed by atoms with Crippen LogP contribution in [-0.2, 0) is 14.4 Å². The average Bonchev–Trinajstić information content (AvgIpc) is 3.29. The second kappa shape index (κ2) is 12.7. The van der Waals surface area contributed by atoms with Gasteiger partial charge in [-0.25, -0.2) is 9.79 Å². The van der Waals surface area contributed by atoms with E-state index in [-0.39, 0.29) is 29.5 Å². The first-order valence-electron chi connectivity index (χ1n) is 20.8. The van der Waals surface area contributed by atoms with Crippen LogP contribution in [0, 0.1) is 56.7 Å². The zero-order valence-electron chi connectivity index (χ0n) is 34.0. The molecular weight excluding hydrogens is 719 g/mol. The molecule has 0 saturated heterocycles. The monoisotopic (exact) mass is 777 g/mol. The fraction of sp³-hybridized carbons (Fsp3) is 0.574. The number of carbonyl (C=O) groups is 3. The number of rotatable bonds is 6. The average molecular weight is 778 g/mol. The van der Waals surface area contributed by atoms with Crippen LogP contribution in [0.2, 0.25) is 0 Å². The van der Waals surface area contributed by atoms with Gasteiger partial charge in [0, 0.05) is 57.0 Å². The van der Waals surface area contributed by atoms with Crippen LogP contribution >= 0.6 is 0 Å². The zero-order chi connectivity index (χ0) is 41.3. The molecule has 0 amide bonds. The third-order valence-corrected chi connectivity index (χ3v) is 17.1. The molecule has 0 aliphatic heterocycles. The van der Waals surface area contributed by atoms with Crippen molar-refractivity contribution in [3.63, 3.8) is 0 Å². The van der Waals surface area contributed by atoms with Gasteiger partial charge in [0.15, 0.2) is 11.7 Å². The van der Waals surface area contributed by atoms with E-state index in [2.05, 4.69) is 31.8 Å². The second-order valence-corrected chi connectivity index (χ2v) is 19.6. The number of Topliss-reactive ketones (excluding diaryl/α,β-unsaturated/α-hetero) is 2. The topological polar surface area (TPSA) is 197 Å². The molecule has 8 N–H and O–H groups in total. The molecule has 57 heavy (non-hydrogen) atoms. The second-order valence-electron chi connectivity index (χ2n) is 19.6. The van der Waals surface area contributed by atoms with E-state index < -0.39 is 86.0 Å². The number of carboxylic acids is 1. The molecule has 10 nitrogen and oxygen atoms in total. The summed E-state index contributed by atoms with van der Waals surface area (Å²) < 4.78 is 0. The fourth-order valence-corrected chi connectivity index (χ4v) is 14.6. The van der Waals surface area contributed by atoms with E-state index in [0.29, 0.717) is 43.3 Å². The third kappa shape index (κ3) is 4.93. The largest absolute Gasteiger partial charge is 0.478 e. The van der Waals surface area contributed by atoms with Gasteiger partial charge in [0.05, 0.1) is 17.7 Å². The van der Waals surface area contributed by atoms with Crippen molar-refractivity contribution in [2.45, 2.75) is 110 Å². The van der Waals surface area contributed by atoms with Crippen LogP contribution in [0.15, 0.2) is 88.5 Å². The Kier molecular flexibility index (Phi) is 8.84. The predicted molar refractivity (Wildman–Crippen MR) is 218 cm³/mol. The summed E-state index contributed by atoms with van der Waals surface area (Å²) in [5.74, 6) is -3.95. The number of benzene rings is 1. The summed E-state index contributed by atoms with van der Waals surface area (Å²) in [6, 6.07) is 9.15. The summed E-state index contributed by atoms with van der Waals surface area (Å²) >= 11 is 0. The lowest BCUT2D eigenvalue weighted by atomic mass is 9.33. The molecule has 0 radical (unpaired) electrons. The standard InChI is InChI=1S/C47H59N3O7/c1-26(39(54)55)24-32(51)34-28-14-10-11-15-29-36(53)35-38-44(6)43(29,5)45(28,21-18-31(34)50-40(48)49)25-46(44,56)22-23-47(38,57)30(17-16-27-12-8-7-9-13-27)37-41(2,3)33(52)19-20-42(35,37)4/h7-9,12-13,16-18,21-24,28-32,34,37,51,56-57H,10-11,14-15,19-20,25H2,1-6H3,(H,54,55)(H4,48,49,50). The first kappa shape index (κ1) is 39.7. The molecule has 1 aromatic rings. The van der Waals surface area contributed by atoms with Gasteiger partial charge < -0.3 is 31.9 Å². The number of aliphatic imine (C=N–C) groups is 1. The molecule has 0 heterocycles. The van der Waals surface area contributed by atoms with E-state index in [1.54, 1.807) is 12.2 Å². The van der Waals surface area contributed by atoms with Crippen molar-refractivity contribution in [3.8, 4) is 0 Å². The Morgan fingerprint density at radius 2 is 1.67 bits per heavy atom. The van der Waals surface area contributed by atoms with Crippen molar-refractivity contribution in [2.75, 3.05) is 0 Å². The van der Waals surface area contributed by atoms with Gasteiger partial charge >= 0.3 is 5.97 Å². The van der Waals surface area contributed by atoms with Crippen molar-refractivity contribution in [2.24, 2.45) is 73.1 Å². The molecular formula is C47H59N3O7. The van der Waals surface area contributed by atoms with Crippen LogP contribution in [0.5, 0.6) is 0 Å². The smallest absolute Gasteiger partial charge is 0.331 e. The van der Waals surface area contributed by atoms with Gasteiger partial charge in [0.1, 0.15) is 11.4 Å². The van der Waals surface area contributed by atoms with E-state index >= 15 is 4.79 Å². The van der Waals surface area contributed by atoms with Crippen molar-refractivity contribution in [3.05, 3.63) is 89.1 Å². The molecule has 1 spiro atoms. The Hall–Kier alpha value is -4.12. The maximum Gasteiger partial charge on any atom is 0.331 e. The quantitative estimate of drug-likeness (QED) is 0.0911. The number of guanidine groups is 1. The first-order chi connectivity index (χ1) is 26.7. The molecule has 3 fully saturated rings. The summed E-state index contributed by atoms with van der Waals surface area (Å²) in [6.07, 6.45) is 15.2.